The van der Waals surface area contributed by atoms with E-state index in [0.29, 0.717) is 22.8 Å². The van der Waals surface area contributed by atoms with Gasteiger partial charge < -0.3 is 18.9 Å². The van der Waals surface area contributed by atoms with E-state index in [1.54, 1.807) is 0 Å². The van der Waals surface area contributed by atoms with Gasteiger partial charge in [0.2, 0.25) is 15.8 Å². The SMILES string of the molecule is COc1cc(CNS(=O)(=O)c2ccc(Br)cc2OC(F)(F)F)cc(OC)c1OC. The summed E-state index contributed by atoms with van der Waals surface area (Å²) in [5.74, 6) is 0.0521. The third kappa shape index (κ3) is 5.90. The highest BCUT2D eigenvalue weighted by molar-refractivity contribution is 9.10. The van der Waals surface area contributed by atoms with Crippen LogP contribution in [0.25, 0.3) is 0 Å². The Morgan fingerprint density at radius 3 is 2.03 bits per heavy atom. The fourth-order valence-electron chi connectivity index (χ4n) is 2.40. The molecular weight excluding hydrogens is 483 g/mol. The van der Waals surface area contributed by atoms with Crippen molar-refractivity contribution in [3.63, 3.8) is 0 Å². The lowest BCUT2D eigenvalue weighted by Gasteiger charge is -2.16. The fraction of sp³-hybridized carbons (Fsp3) is 0.294. The van der Waals surface area contributed by atoms with Crippen LogP contribution in [0, 0.1) is 0 Å². The lowest BCUT2D eigenvalue weighted by Crippen LogP contribution is -2.25. The van der Waals surface area contributed by atoms with Crippen LogP contribution in [-0.4, -0.2) is 36.1 Å². The molecule has 12 heteroatoms. The Hall–Kier alpha value is -2.18. The van der Waals surface area contributed by atoms with Gasteiger partial charge in [0.25, 0.3) is 0 Å². The van der Waals surface area contributed by atoms with Crippen LogP contribution in [0.3, 0.4) is 0 Å². The molecule has 2 rings (SSSR count). The van der Waals surface area contributed by atoms with Gasteiger partial charge in [0.05, 0.1) is 21.3 Å². The van der Waals surface area contributed by atoms with Crippen LogP contribution in [0.15, 0.2) is 39.7 Å². The number of ether oxygens (including phenoxy) is 4. The van der Waals surface area contributed by atoms with E-state index in [1.807, 2.05) is 0 Å². The Bertz CT molecular complexity index is 957. The predicted molar refractivity (Wildman–Crippen MR) is 101 cm³/mol. The van der Waals surface area contributed by atoms with Crippen LogP contribution in [0.1, 0.15) is 5.56 Å². The van der Waals surface area contributed by atoms with Crippen LogP contribution in [0.4, 0.5) is 13.2 Å². The second kappa shape index (κ2) is 9.09. The molecule has 29 heavy (non-hydrogen) atoms. The van der Waals surface area contributed by atoms with Gasteiger partial charge >= 0.3 is 6.36 Å². The minimum absolute atomic E-state index is 0.223. The highest BCUT2D eigenvalue weighted by Gasteiger charge is 2.34. The molecule has 0 bridgehead atoms. The molecule has 0 saturated heterocycles. The predicted octanol–water partition coefficient (Wildman–Crippen LogP) is 3.85. The van der Waals surface area contributed by atoms with E-state index >= 15 is 0 Å². The standard InChI is InChI=1S/C17H17BrF3NO6S/c1-25-13-6-10(7-14(26-2)16(13)27-3)9-22-29(23,24)15-5-4-11(18)8-12(15)28-17(19,20)21/h4-8,22H,9H2,1-3H3. The van der Waals surface area contributed by atoms with E-state index in [2.05, 4.69) is 25.4 Å². The van der Waals surface area contributed by atoms with E-state index in [1.165, 1.54) is 39.5 Å². The third-order valence-corrected chi connectivity index (χ3v) is 5.55. The molecule has 0 unspecified atom stereocenters. The molecule has 0 radical (unpaired) electrons. The molecule has 160 valence electrons. The Morgan fingerprint density at radius 2 is 1.55 bits per heavy atom. The number of halogens is 4. The van der Waals surface area contributed by atoms with E-state index in [0.717, 1.165) is 12.1 Å². The molecule has 0 aliphatic carbocycles. The second-order valence-electron chi connectivity index (χ2n) is 5.50. The van der Waals surface area contributed by atoms with Crippen LogP contribution in [0.2, 0.25) is 0 Å². The van der Waals surface area contributed by atoms with Crippen molar-refractivity contribution < 1.29 is 40.5 Å². The normalized spacial score (nSPS) is 11.8. The van der Waals surface area contributed by atoms with Crippen molar-refractivity contribution in [2.75, 3.05) is 21.3 Å². The van der Waals surface area contributed by atoms with Crippen molar-refractivity contribution in [3.05, 3.63) is 40.4 Å². The average molecular weight is 500 g/mol. The highest BCUT2D eigenvalue weighted by Crippen LogP contribution is 2.38. The van der Waals surface area contributed by atoms with E-state index in [9.17, 15) is 21.6 Å². The summed E-state index contributed by atoms with van der Waals surface area (Å²) in [7, 11) is -0.133. The van der Waals surface area contributed by atoms with Gasteiger partial charge in [-0.05, 0) is 35.9 Å². The van der Waals surface area contributed by atoms with Crippen LogP contribution in [-0.2, 0) is 16.6 Å². The van der Waals surface area contributed by atoms with E-state index < -0.39 is 27.0 Å². The summed E-state index contributed by atoms with van der Waals surface area (Å²) in [6, 6.07) is 6.23. The fourth-order valence-corrected chi connectivity index (χ4v) is 3.87. The van der Waals surface area contributed by atoms with Crippen molar-refractivity contribution in [3.8, 4) is 23.0 Å². The van der Waals surface area contributed by atoms with Gasteiger partial charge in [-0.25, -0.2) is 13.1 Å². The first-order chi connectivity index (χ1) is 13.5. The molecule has 0 spiro atoms. The Balaban J connectivity index is 2.34. The quantitative estimate of drug-likeness (QED) is 0.593. The minimum atomic E-state index is -5.05. The summed E-state index contributed by atoms with van der Waals surface area (Å²) in [6.07, 6.45) is -5.05. The topological polar surface area (TPSA) is 83.1 Å². The molecule has 2 aromatic rings. The number of rotatable bonds is 8. The summed E-state index contributed by atoms with van der Waals surface area (Å²) in [6.45, 7) is -0.249. The number of hydrogen-bond acceptors (Lipinski definition) is 6. The van der Waals surface area contributed by atoms with Gasteiger partial charge in [0, 0.05) is 11.0 Å². The van der Waals surface area contributed by atoms with Gasteiger partial charge in [-0.1, -0.05) is 15.9 Å². The number of sulfonamides is 1. The monoisotopic (exact) mass is 499 g/mol. The first-order valence-electron chi connectivity index (χ1n) is 7.84. The van der Waals surface area contributed by atoms with Gasteiger partial charge in [-0.2, -0.15) is 0 Å². The number of hydrogen-bond donors (Lipinski definition) is 1. The number of benzene rings is 2. The average Bonchev–Trinajstić information content (AvgIpc) is 2.63. The van der Waals surface area contributed by atoms with Gasteiger partial charge in [-0.3, -0.25) is 0 Å². The summed E-state index contributed by atoms with van der Waals surface area (Å²) >= 11 is 2.99. The maximum atomic E-state index is 12.6. The van der Waals surface area contributed by atoms with Crippen molar-refractivity contribution in [2.24, 2.45) is 0 Å². The molecular formula is C17H17BrF3NO6S. The third-order valence-electron chi connectivity index (χ3n) is 3.61. The van der Waals surface area contributed by atoms with Crippen LogP contribution < -0.4 is 23.7 Å². The molecule has 7 nitrogen and oxygen atoms in total. The van der Waals surface area contributed by atoms with E-state index in [4.69, 9.17) is 14.2 Å². The molecule has 0 atom stereocenters. The van der Waals surface area contributed by atoms with Crippen molar-refractivity contribution >= 4 is 26.0 Å². The summed E-state index contributed by atoms with van der Waals surface area (Å²) < 4.78 is 85.0. The highest BCUT2D eigenvalue weighted by atomic mass is 79.9. The van der Waals surface area contributed by atoms with Gasteiger partial charge in [0.1, 0.15) is 4.90 Å². The lowest BCUT2D eigenvalue weighted by molar-refractivity contribution is -0.275. The minimum Gasteiger partial charge on any atom is -0.493 e. The van der Waals surface area contributed by atoms with Gasteiger partial charge in [0.15, 0.2) is 17.2 Å². The van der Waals surface area contributed by atoms with E-state index in [-0.39, 0.29) is 11.0 Å². The van der Waals surface area contributed by atoms with Crippen molar-refractivity contribution in [1.29, 1.82) is 0 Å². The first-order valence-corrected chi connectivity index (χ1v) is 10.1. The zero-order chi connectivity index (χ0) is 21.8. The zero-order valence-electron chi connectivity index (χ0n) is 15.5. The Kier molecular flexibility index (Phi) is 7.25. The molecule has 0 aliphatic rings. The smallest absolute Gasteiger partial charge is 0.493 e. The van der Waals surface area contributed by atoms with Crippen LogP contribution >= 0.6 is 15.9 Å². The van der Waals surface area contributed by atoms with Gasteiger partial charge in [-0.15, -0.1) is 13.2 Å². The maximum absolute atomic E-state index is 12.6. The number of nitrogens with one attached hydrogen (secondary N) is 1. The lowest BCUT2D eigenvalue weighted by atomic mass is 10.2. The van der Waals surface area contributed by atoms with Crippen molar-refractivity contribution in [1.82, 2.24) is 4.72 Å². The summed E-state index contributed by atoms with van der Waals surface area (Å²) in [5.41, 5.74) is 0.429. The Labute approximate surface area is 173 Å². The van der Waals surface area contributed by atoms with Crippen molar-refractivity contribution in [2.45, 2.75) is 17.8 Å². The summed E-state index contributed by atoms with van der Waals surface area (Å²) in [5, 5.41) is 0. The van der Waals surface area contributed by atoms with Crippen LogP contribution in [0.5, 0.6) is 23.0 Å². The molecule has 0 heterocycles. The molecule has 0 aliphatic heterocycles. The molecule has 0 saturated carbocycles. The second-order valence-corrected chi connectivity index (χ2v) is 8.15. The maximum Gasteiger partial charge on any atom is 0.573 e. The molecule has 0 fully saturated rings. The Morgan fingerprint density at radius 1 is 0.966 bits per heavy atom. The zero-order valence-corrected chi connectivity index (χ0v) is 17.9. The first kappa shape index (κ1) is 23.1. The molecule has 2 aromatic carbocycles. The molecule has 0 amide bonds. The molecule has 1 N–H and O–H groups in total. The summed E-state index contributed by atoms with van der Waals surface area (Å²) in [4.78, 5) is -0.662. The number of methoxy groups -OCH3 is 3. The largest absolute Gasteiger partial charge is 0.573 e. The number of alkyl halides is 3. The molecule has 0 aromatic heterocycles.